The highest BCUT2D eigenvalue weighted by Crippen LogP contribution is 2.35. The summed E-state index contributed by atoms with van der Waals surface area (Å²) < 4.78 is 82.7. The van der Waals surface area contributed by atoms with Gasteiger partial charge >= 0.3 is 12.3 Å². The quantitative estimate of drug-likeness (QED) is 0.256. The van der Waals surface area contributed by atoms with Gasteiger partial charge in [-0.3, -0.25) is 14.7 Å². The van der Waals surface area contributed by atoms with E-state index in [0.29, 0.717) is 30.1 Å². The van der Waals surface area contributed by atoms with Gasteiger partial charge in [-0.05, 0) is 67.1 Å². The molecule has 2 aliphatic rings. The van der Waals surface area contributed by atoms with Crippen molar-refractivity contribution in [2.75, 3.05) is 31.2 Å². The third-order valence-electron chi connectivity index (χ3n) is 8.83. The van der Waals surface area contributed by atoms with Crippen LogP contribution in [0, 0.1) is 5.82 Å². The van der Waals surface area contributed by atoms with Crippen molar-refractivity contribution in [3.8, 4) is 0 Å². The second kappa shape index (κ2) is 14.4. The molecule has 16 heteroatoms. The van der Waals surface area contributed by atoms with Gasteiger partial charge in [-0.15, -0.1) is 0 Å². The minimum absolute atomic E-state index is 0.0322. The summed E-state index contributed by atoms with van der Waals surface area (Å²) in [6.45, 7) is 0.706. The van der Waals surface area contributed by atoms with E-state index in [4.69, 9.17) is 11.6 Å². The molecule has 0 spiro atoms. The number of piperazine rings is 1. The highest BCUT2D eigenvalue weighted by molar-refractivity contribution is 7.89. The molecule has 2 saturated heterocycles. The molecule has 3 heterocycles. The van der Waals surface area contributed by atoms with Crippen LogP contribution in [-0.4, -0.2) is 83.7 Å². The zero-order chi connectivity index (χ0) is 34.8. The van der Waals surface area contributed by atoms with Crippen molar-refractivity contribution in [1.82, 2.24) is 19.5 Å². The third kappa shape index (κ3) is 7.91. The molecule has 5 rings (SSSR count). The Hall–Kier alpha value is -3.79. The molecular formula is C32H34ClF4N5O5S. The van der Waals surface area contributed by atoms with Crippen molar-refractivity contribution >= 4 is 39.3 Å². The van der Waals surface area contributed by atoms with Crippen molar-refractivity contribution in [3.63, 3.8) is 0 Å². The van der Waals surface area contributed by atoms with Gasteiger partial charge in [0.25, 0.3) is 0 Å². The van der Waals surface area contributed by atoms with E-state index < -0.39 is 57.7 Å². The molecule has 258 valence electrons. The monoisotopic (exact) mass is 711 g/mol. The maximum absolute atomic E-state index is 15.4. The number of carboxylic acid groups (broad SMARTS) is 1. The van der Waals surface area contributed by atoms with Gasteiger partial charge in [0.05, 0.1) is 5.75 Å². The molecule has 48 heavy (non-hydrogen) atoms. The van der Waals surface area contributed by atoms with Crippen LogP contribution in [0.25, 0.3) is 0 Å². The topological polar surface area (TPSA) is 132 Å². The molecule has 2 amide bonds. The van der Waals surface area contributed by atoms with Crippen molar-refractivity contribution in [2.24, 2.45) is 0 Å². The van der Waals surface area contributed by atoms with E-state index in [-0.39, 0.29) is 41.5 Å². The first-order valence-electron chi connectivity index (χ1n) is 15.2. The average molecular weight is 712 g/mol. The number of sulfonamides is 1. The van der Waals surface area contributed by atoms with Gasteiger partial charge in [-0.1, -0.05) is 35.9 Å². The van der Waals surface area contributed by atoms with Crippen LogP contribution in [0.4, 0.5) is 28.0 Å². The van der Waals surface area contributed by atoms with Crippen LogP contribution in [0.2, 0.25) is 5.02 Å². The van der Waals surface area contributed by atoms with Gasteiger partial charge in [0.15, 0.2) is 0 Å². The number of carbonyl (C=O) groups is 2. The number of halogens is 5. The van der Waals surface area contributed by atoms with Gasteiger partial charge < -0.3 is 15.7 Å². The number of carbonyl (C=O) groups excluding carboxylic acids is 1. The number of pyridine rings is 1. The number of rotatable bonds is 9. The standard InChI is InChI=1S/C32H34ClF4N5O5S/c1-41(31(44)45)29(28(19-7-10-21(33)11-8-19)20-9-14-27(39-16-20)32(35,36)37)30(43)40-26-6-2-5-25(34)24(26)13-12-23-17-38-22-4-3-15-48(46,47)42(23)18-22/h2,5-11,14,16,22-23,28-29,38H,3-4,12-13,15,17-18H2,1H3,(H,40,43)(H,44,45)/t22?,23?,28-,29-/m0/s1. The largest absolute Gasteiger partial charge is 0.465 e. The normalized spacial score (nSPS) is 21.8. The van der Waals surface area contributed by atoms with Crippen LogP contribution in [-0.2, 0) is 27.4 Å². The molecule has 1 aromatic heterocycles. The Labute approximate surface area is 280 Å². The second-order valence-corrected chi connectivity index (χ2v) is 14.4. The Bertz CT molecular complexity index is 1740. The molecule has 10 nitrogen and oxygen atoms in total. The van der Waals surface area contributed by atoms with E-state index in [1.54, 1.807) is 0 Å². The number of fused-ring (bicyclic) bond motifs is 2. The lowest BCUT2D eigenvalue weighted by molar-refractivity contribution is -0.141. The van der Waals surface area contributed by atoms with E-state index in [1.165, 1.54) is 46.8 Å². The number of amides is 2. The molecule has 2 aliphatic heterocycles. The molecule has 2 aromatic carbocycles. The lowest BCUT2D eigenvalue weighted by atomic mass is 9.84. The minimum atomic E-state index is -4.73. The summed E-state index contributed by atoms with van der Waals surface area (Å²) in [5.41, 5.74) is -0.564. The van der Waals surface area contributed by atoms with Crippen LogP contribution >= 0.6 is 11.6 Å². The smallest absolute Gasteiger partial charge is 0.433 e. The van der Waals surface area contributed by atoms with Gasteiger partial charge in [0.1, 0.15) is 17.6 Å². The minimum Gasteiger partial charge on any atom is -0.465 e. The first kappa shape index (κ1) is 35.5. The van der Waals surface area contributed by atoms with Gasteiger partial charge in [0.2, 0.25) is 15.9 Å². The first-order valence-corrected chi connectivity index (χ1v) is 17.2. The van der Waals surface area contributed by atoms with Crippen molar-refractivity contribution in [1.29, 1.82) is 0 Å². The Morgan fingerprint density at radius 3 is 2.50 bits per heavy atom. The Morgan fingerprint density at radius 2 is 1.85 bits per heavy atom. The summed E-state index contributed by atoms with van der Waals surface area (Å²) in [4.78, 5) is 30.7. The molecular weight excluding hydrogens is 678 g/mol. The zero-order valence-electron chi connectivity index (χ0n) is 25.8. The van der Waals surface area contributed by atoms with E-state index in [1.807, 2.05) is 0 Å². The number of likely N-dealkylation sites (N-methyl/N-ethyl adjacent to an activating group) is 1. The maximum Gasteiger partial charge on any atom is 0.433 e. The van der Waals surface area contributed by atoms with Gasteiger partial charge in [-0.2, -0.15) is 17.5 Å². The number of alkyl halides is 3. The van der Waals surface area contributed by atoms with Gasteiger partial charge in [-0.25, -0.2) is 17.6 Å². The lowest BCUT2D eigenvalue weighted by Crippen LogP contribution is -2.57. The first-order chi connectivity index (χ1) is 22.7. The third-order valence-corrected chi connectivity index (χ3v) is 11.1. The summed E-state index contributed by atoms with van der Waals surface area (Å²) in [6, 6.07) is 9.94. The summed E-state index contributed by atoms with van der Waals surface area (Å²) in [6.07, 6.45) is -3.74. The van der Waals surface area contributed by atoms with Crippen LogP contribution in [0.3, 0.4) is 0 Å². The van der Waals surface area contributed by atoms with E-state index in [9.17, 15) is 36.3 Å². The van der Waals surface area contributed by atoms with Crippen molar-refractivity contribution in [3.05, 3.63) is 94.0 Å². The molecule has 5 atom stereocenters. The highest BCUT2D eigenvalue weighted by Gasteiger charge is 2.40. The summed E-state index contributed by atoms with van der Waals surface area (Å²) in [5, 5.41) is 16.4. The SMILES string of the molecule is CN(C(=O)O)[C@H](C(=O)Nc1cccc(F)c1CCC1CNC2CCCS(=O)(=O)N1C2)[C@@H](c1ccc(Cl)cc1)c1ccc(C(F)(F)F)nc1. The zero-order valence-corrected chi connectivity index (χ0v) is 27.3. The molecule has 3 N–H and O–H groups in total. The Morgan fingerprint density at radius 1 is 1.15 bits per heavy atom. The lowest BCUT2D eigenvalue weighted by Gasteiger charge is -2.37. The molecule has 3 aromatic rings. The van der Waals surface area contributed by atoms with Gasteiger partial charge in [0, 0.05) is 60.6 Å². The number of nitrogens with one attached hydrogen (secondary N) is 2. The highest BCUT2D eigenvalue weighted by atomic mass is 35.5. The fourth-order valence-electron chi connectivity index (χ4n) is 6.35. The number of nitrogens with zero attached hydrogens (tertiary/aromatic N) is 3. The number of hydrogen-bond donors (Lipinski definition) is 3. The fraction of sp³-hybridized carbons (Fsp3) is 0.406. The predicted molar refractivity (Wildman–Crippen MR) is 171 cm³/mol. The van der Waals surface area contributed by atoms with Crippen molar-refractivity contribution < 1.29 is 40.7 Å². The Balaban J connectivity index is 1.47. The molecule has 0 saturated carbocycles. The summed E-state index contributed by atoms with van der Waals surface area (Å²) in [5.74, 6) is -2.67. The molecule has 0 radical (unpaired) electrons. The van der Waals surface area contributed by atoms with E-state index in [2.05, 4.69) is 15.6 Å². The molecule has 2 bridgehead atoms. The molecule has 2 fully saturated rings. The second-order valence-electron chi connectivity index (χ2n) is 11.9. The predicted octanol–water partition coefficient (Wildman–Crippen LogP) is 5.34. The van der Waals surface area contributed by atoms with Crippen LogP contribution in [0.5, 0.6) is 0 Å². The number of aromatic nitrogens is 1. The fourth-order valence-corrected chi connectivity index (χ4v) is 8.28. The number of anilines is 1. The van der Waals surface area contributed by atoms with Crippen LogP contribution in [0.15, 0.2) is 60.8 Å². The summed E-state index contributed by atoms with van der Waals surface area (Å²) >= 11 is 6.07. The Kier molecular flexibility index (Phi) is 10.6. The van der Waals surface area contributed by atoms with Crippen molar-refractivity contribution in [2.45, 2.75) is 55.9 Å². The van der Waals surface area contributed by atoms with E-state index >= 15 is 4.39 Å². The summed E-state index contributed by atoms with van der Waals surface area (Å²) in [7, 11) is -2.35. The van der Waals surface area contributed by atoms with Crippen LogP contribution in [0.1, 0.15) is 47.6 Å². The molecule has 3 unspecified atom stereocenters. The molecule has 0 aliphatic carbocycles. The van der Waals surface area contributed by atoms with Crippen LogP contribution < -0.4 is 10.6 Å². The number of benzene rings is 2. The van der Waals surface area contributed by atoms with E-state index in [0.717, 1.165) is 36.7 Å². The number of hydrogen-bond acceptors (Lipinski definition) is 6. The maximum atomic E-state index is 15.4. The average Bonchev–Trinajstić information content (AvgIpc) is 3.15.